The van der Waals surface area contributed by atoms with Crippen molar-refractivity contribution in [2.75, 3.05) is 19.1 Å². The monoisotopic (exact) mass is 243 g/mol. The number of rotatable bonds is 5. The van der Waals surface area contributed by atoms with Gasteiger partial charge in [0.15, 0.2) is 0 Å². The number of aliphatic imine (C=N–C) groups is 1. The first-order valence-corrected chi connectivity index (χ1v) is 6.06. The van der Waals surface area contributed by atoms with Gasteiger partial charge in [-0.1, -0.05) is 30.4 Å². The fourth-order valence-electron chi connectivity index (χ4n) is 1.77. The fourth-order valence-corrected chi connectivity index (χ4v) is 1.77. The molecule has 0 unspecified atom stereocenters. The molecular weight excluding hydrogens is 222 g/mol. The van der Waals surface area contributed by atoms with Gasteiger partial charge in [0.1, 0.15) is 0 Å². The van der Waals surface area contributed by atoms with Gasteiger partial charge in [0, 0.05) is 25.9 Å². The summed E-state index contributed by atoms with van der Waals surface area (Å²) < 4.78 is 0. The number of hydrazine groups is 1. The van der Waals surface area contributed by atoms with Crippen LogP contribution in [-0.2, 0) is 0 Å². The smallest absolute Gasteiger partial charge is 0.0664 e. The van der Waals surface area contributed by atoms with Gasteiger partial charge >= 0.3 is 0 Å². The summed E-state index contributed by atoms with van der Waals surface area (Å²) in [5.41, 5.74) is 6.30. The lowest BCUT2D eigenvalue weighted by molar-refractivity contribution is 0.825. The van der Waals surface area contributed by atoms with E-state index in [9.17, 15) is 0 Å². The van der Waals surface area contributed by atoms with Crippen LogP contribution in [0.3, 0.4) is 0 Å². The van der Waals surface area contributed by atoms with Crippen LogP contribution in [0, 0.1) is 0 Å². The summed E-state index contributed by atoms with van der Waals surface area (Å²) in [5, 5.41) is 1.98. The number of anilines is 1. The van der Waals surface area contributed by atoms with E-state index in [0.29, 0.717) is 0 Å². The average molecular weight is 243 g/mol. The Morgan fingerprint density at radius 2 is 1.94 bits per heavy atom. The normalized spacial score (nSPS) is 12.6. The van der Waals surface area contributed by atoms with Crippen molar-refractivity contribution in [2.45, 2.75) is 13.8 Å². The summed E-state index contributed by atoms with van der Waals surface area (Å²) in [6.07, 6.45) is 7.99. The Morgan fingerprint density at radius 3 is 2.50 bits per heavy atom. The molecule has 3 heteroatoms. The molecular formula is C15H21N3. The summed E-state index contributed by atoms with van der Waals surface area (Å²) in [5.74, 6) is 0. The quantitative estimate of drug-likeness (QED) is 0.635. The van der Waals surface area contributed by atoms with E-state index in [1.54, 1.807) is 0 Å². The van der Waals surface area contributed by atoms with Crippen molar-refractivity contribution in [2.24, 2.45) is 4.99 Å². The molecule has 1 rings (SSSR count). The second-order valence-corrected chi connectivity index (χ2v) is 3.70. The second kappa shape index (κ2) is 7.45. The van der Waals surface area contributed by atoms with Crippen LogP contribution < -0.4 is 10.4 Å². The molecule has 18 heavy (non-hydrogen) atoms. The molecule has 0 atom stereocenters. The molecule has 0 fully saturated rings. The fraction of sp³-hybridized carbons (Fsp3) is 0.267. The molecule has 0 amide bonds. The minimum absolute atomic E-state index is 0.970. The van der Waals surface area contributed by atoms with E-state index < -0.39 is 0 Å². The van der Waals surface area contributed by atoms with Crippen LogP contribution in [0.4, 0.5) is 5.69 Å². The van der Waals surface area contributed by atoms with Crippen LogP contribution in [0.25, 0.3) is 0 Å². The highest BCUT2D eigenvalue weighted by Crippen LogP contribution is 2.20. The van der Waals surface area contributed by atoms with E-state index in [0.717, 1.165) is 17.0 Å². The minimum Gasteiger partial charge on any atom is -0.288 e. The molecule has 1 N–H and O–H groups in total. The Balaban J connectivity index is 3.28. The Bertz CT molecular complexity index is 459. The lowest BCUT2D eigenvalue weighted by Crippen LogP contribution is -2.30. The van der Waals surface area contributed by atoms with E-state index in [4.69, 9.17) is 0 Å². The van der Waals surface area contributed by atoms with Crippen molar-refractivity contribution < 1.29 is 0 Å². The lowest BCUT2D eigenvalue weighted by Gasteiger charge is -2.22. The van der Waals surface area contributed by atoms with Gasteiger partial charge in [-0.2, -0.15) is 0 Å². The van der Waals surface area contributed by atoms with E-state index in [1.165, 1.54) is 0 Å². The van der Waals surface area contributed by atoms with Gasteiger partial charge in [0.25, 0.3) is 0 Å². The maximum absolute atomic E-state index is 4.34. The third kappa shape index (κ3) is 3.31. The summed E-state index contributed by atoms with van der Waals surface area (Å²) in [6, 6.07) is 8.19. The second-order valence-electron chi connectivity index (χ2n) is 3.70. The highest BCUT2D eigenvalue weighted by molar-refractivity contribution is 6.12. The number of nitrogens with one attached hydrogen (secondary N) is 1. The predicted molar refractivity (Wildman–Crippen MR) is 80.1 cm³/mol. The summed E-state index contributed by atoms with van der Waals surface area (Å²) in [7, 11) is 3.71. The molecule has 1 aromatic rings. The molecule has 0 saturated carbocycles. The van der Waals surface area contributed by atoms with E-state index in [-0.39, 0.29) is 0 Å². The number of hydrogen-bond donors (Lipinski definition) is 1. The van der Waals surface area contributed by atoms with Gasteiger partial charge < -0.3 is 0 Å². The molecule has 0 spiro atoms. The SMILES string of the molecule is CC=CN(NC)c1ccccc1C(/C=C\C)=NC. The number of nitrogens with zero attached hydrogens (tertiary/aromatic N) is 2. The first-order chi connectivity index (χ1) is 8.78. The minimum atomic E-state index is 0.970. The van der Waals surface area contributed by atoms with Crippen molar-refractivity contribution >= 4 is 11.4 Å². The third-order valence-electron chi connectivity index (χ3n) is 2.54. The zero-order chi connectivity index (χ0) is 13.4. The largest absolute Gasteiger partial charge is 0.288 e. The molecule has 0 aromatic heterocycles. The van der Waals surface area contributed by atoms with E-state index >= 15 is 0 Å². The molecule has 0 saturated heterocycles. The van der Waals surface area contributed by atoms with E-state index in [2.05, 4.69) is 22.6 Å². The maximum Gasteiger partial charge on any atom is 0.0664 e. The Morgan fingerprint density at radius 1 is 1.22 bits per heavy atom. The van der Waals surface area contributed by atoms with Gasteiger partial charge in [0.05, 0.1) is 11.4 Å². The highest BCUT2D eigenvalue weighted by Gasteiger charge is 2.09. The Kier molecular flexibility index (Phi) is 5.88. The number of allylic oxidation sites excluding steroid dienone is 3. The van der Waals surface area contributed by atoms with Gasteiger partial charge in [-0.15, -0.1) is 0 Å². The van der Waals surface area contributed by atoms with E-state index in [1.807, 2.05) is 69.5 Å². The summed E-state index contributed by atoms with van der Waals surface area (Å²) >= 11 is 0. The Labute approximate surface area is 110 Å². The first kappa shape index (κ1) is 14.2. The van der Waals surface area contributed by atoms with Crippen LogP contribution in [0.1, 0.15) is 19.4 Å². The highest BCUT2D eigenvalue weighted by atomic mass is 15.5. The van der Waals surface area contributed by atoms with Crippen LogP contribution in [0.15, 0.2) is 53.7 Å². The van der Waals surface area contributed by atoms with Crippen LogP contribution in [0.5, 0.6) is 0 Å². The van der Waals surface area contributed by atoms with Gasteiger partial charge in [-0.05, 0) is 26.0 Å². The molecule has 0 radical (unpaired) electrons. The van der Waals surface area contributed by atoms with Gasteiger partial charge in [-0.3, -0.25) is 10.0 Å². The molecule has 0 bridgehead atoms. The van der Waals surface area contributed by atoms with Crippen LogP contribution in [-0.4, -0.2) is 19.8 Å². The zero-order valence-electron chi connectivity index (χ0n) is 11.5. The lowest BCUT2D eigenvalue weighted by atomic mass is 10.1. The van der Waals surface area contributed by atoms with Gasteiger partial charge in [0.2, 0.25) is 0 Å². The number of para-hydroxylation sites is 1. The van der Waals surface area contributed by atoms with Crippen LogP contribution in [0.2, 0.25) is 0 Å². The maximum atomic E-state index is 4.34. The molecule has 0 aliphatic carbocycles. The summed E-state index contributed by atoms with van der Waals surface area (Å²) in [6.45, 7) is 3.99. The van der Waals surface area contributed by atoms with Crippen LogP contribution >= 0.6 is 0 Å². The van der Waals surface area contributed by atoms with Crippen molar-refractivity contribution in [3.63, 3.8) is 0 Å². The van der Waals surface area contributed by atoms with Crippen molar-refractivity contribution in [3.8, 4) is 0 Å². The van der Waals surface area contributed by atoms with Crippen molar-refractivity contribution in [3.05, 3.63) is 54.3 Å². The van der Waals surface area contributed by atoms with Crippen molar-refractivity contribution in [1.29, 1.82) is 0 Å². The third-order valence-corrected chi connectivity index (χ3v) is 2.54. The zero-order valence-corrected chi connectivity index (χ0v) is 11.5. The standard InChI is InChI=1S/C15H21N3/c1-5-9-14(16-3)13-10-7-8-11-15(13)18(17-4)12-6-2/h5-12,17H,1-4H3/b9-5-,12-6?,16-14?. The molecule has 1 aromatic carbocycles. The molecule has 96 valence electrons. The summed E-state index contributed by atoms with van der Waals surface area (Å²) in [4.78, 5) is 4.34. The molecule has 0 aliphatic rings. The average Bonchev–Trinajstić information content (AvgIpc) is 2.42. The molecule has 0 heterocycles. The first-order valence-electron chi connectivity index (χ1n) is 6.06. The molecule has 3 nitrogen and oxygen atoms in total. The predicted octanol–water partition coefficient (Wildman–Crippen LogP) is 3.16. The molecule has 0 aliphatic heterocycles. The Hall–Kier alpha value is -1.87. The van der Waals surface area contributed by atoms with Crippen molar-refractivity contribution in [1.82, 2.24) is 5.43 Å². The number of benzene rings is 1. The van der Waals surface area contributed by atoms with Gasteiger partial charge in [-0.25, -0.2) is 5.43 Å². The topological polar surface area (TPSA) is 27.6 Å². The number of hydrogen-bond acceptors (Lipinski definition) is 3.